The summed E-state index contributed by atoms with van der Waals surface area (Å²) in [6.07, 6.45) is -0.113. The summed E-state index contributed by atoms with van der Waals surface area (Å²) in [6, 6.07) is -1.26. The van der Waals surface area contributed by atoms with Crippen LogP contribution < -0.4 is 16.4 Å². The Bertz CT molecular complexity index is 729. The van der Waals surface area contributed by atoms with Gasteiger partial charge in [-0.3, -0.25) is 9.59 Å². The lowest BCUT2D eigenvalue weighted by molar-refractivity contribution is -0.163. The van der Waals surface area contributed by atoms with Crippen molar-refractivity contribution in [3.8, 4) is 0 Å². The minimum Gasteiger partial charge on any atom is -0.477 e. The predicted octanol–water partition coefficient (Wildman–Crippen LogP) is -1.96. The zero-order valence-corrected chi connectivity index (χ0v) is 17.2. The number of rotatable bonds is 8. The first-order valence-corrected chi connectivity index (χ1v) is 10.6. The van der Waals surface area contributed by atoms with Gasteiger partial charge in [0, 0.05) is 35.2 Å². The molecule has 2 saturated heterocycles. The van der Waals surface area contributed by atoms with Gasteiger partial charge < -0.3 is 36.6 Å². The number of β-lactam (4-membered cyclic amide) rings is 1. The van der Waals surface area contributed by atoms with E-state index in [4.69, 9.17) is 10.8 Å². The first kappa shape index (κ1) is 22.0. The normalized spacial score (nSPS) is 33.3. The van der Waals surface area contributed by atoms with Crippen molar-refractivity contribution in [2.75, 3.05) is 19.7 Å². The van der Waals surface area contributed by atoms with Crippen LogP contribution >= 0.6 is 11.8 Å². The zero-order valence-electron chi connectivity index (χ0n) is 16.4. The average molecular weight is 429 g/mol. The van der Waals surface area contributed by atoms with Crippen molar-refractivity contribution in [3.63, 3.8) is 0 Å². The van der Waals surface area contributed by atoms with Gasteiger partial charge in [-0.25, -0.2) is 4.79 Å². The maximum atomic E-state index is 12.4. The van der Waals surface area contributed by atoms with Crippen LogP contribution in [0, 0.1) is 11.8 Å². The van der Waals surface area contributed by atoms with Crippen molar-refractivity contribution in [1.29, 1.82) is 0 Å². The van der Waals surface area contributed by atoms with E-state index < -0.39 is 36.5 Å². The van der Waals surface area contributed by atoms with Crippen molar-refractivity contribution in [2.45, 2.75) is 49.7 Å². The van der Waals surface area contributed by atoms with E-state index in [-0.39, 0.29) is 34.9 Å². The Morgan fingerprint density at radius 1 is 1.45 bits per heavy atom. The molecule has 29 heavy (non-hydrogen) atoms. The van der Waals surface area contributed by atoms with Crippen molar-refractivity contribution < 1.29 is 29.7 Å². The lowest BCUT2D eigenvalue weighted by Crippen LogP contribution is -2.63. The molecule has 2 amide bonds. The molecule has 0 aromatic rings. The number of amides is 2. The fourth-order valence-electron chi connectivity index (χ4n) is 4.32. The van der Waals surface area contributed by atoms with Crippen molar-refractivity contribution in [1.82, 2.24) is 15.5 Å². The van der Waals surface area contributed by atoms with E-state index in [1.165, 1.54) is 16.7 Å². The molecule has 3 aliphatic rings. The largest absolute Gasteiger partial charge is 0.477 e. The number of aliphatic hydroxyl groups excluding tert-OH is 2. The maximum Gasteiger partial charge on any atom is 0.353 e. The van der Waals surface area contributed by atoms with Gasteiger partial charge in [0.15, 0.2) is 0 Å². The number of carboxylic acids is 1. The number of nitrogens with one attached hydrogen (secondary N) is 2. The molecule has 11 heteroatoms. The summed E-state index contributed by atoms with van der Waals surface area (Å²) in [5.74, 6) is -2.62. The number of nitrogens with zero attached hydrogens (tertiary/aromatic N) is 1. The summed E-state index contributed by atoms with van der Waals surface area (Å²) in [5.41, 5.74) is 5.50. The maximum absolute atomic E-state index is 12.4. The molecule has 7 N–H and O–H groups in total. The molecule has 0 aliphatic carbocycles. The second-order valence-electron chi connectivity index (χ2n) is 7.89. The highest BCUT2D eigenvalue weighted by molar-refractivity contribution is 8.03. The molecule has 10 nitrogen and oxygen atoms in total. The Morgan fingerprint density at radius 3 is 2.72 bits per heavy atom. The van der Waals surface area contributed by atoms with Gasteiger partial charge in [-0.15, -0.1) is 11.8 Å². The third-order valence-electron chi connectivity index (χ3n) is 5.84. The SMILES string of the molecule is C[C@@H](O)[C@H]1C(=O)N2C(C(=O)O)=C(S[C@@H]3CN[C@H](CNC(=O)[C@@H](N)CO)C3)[C@H](C)[C@H]12. The monoisotopic (exact) mass is 428 g/mol. The minimum atomic E-state index is -1.13. The number of carboxylic acid groups (broad SMARTS) is 1. The van der Waals surface area contributed by atoms with Gasteiger partial charge in [-0.2, -0.15) is 0 Å². The van der Waals surface area contributed by atoms with E-state index in [1.807, 2.05) is 6.92 Å². The molecule has 162 valence electrons. The van der Waals surface area contributed by atoms with Crippen molar-refractivity contribution in [3.05, 3.63) is 10.6 Å². The molecular weight excluding hydrogens is 400 g/mol. The number of thioether (sulfide) groups is 1. The zero-order chi connectivity index (χ0) is 21.5. The van der Waals surface area contributed by atoms with Crippen LogP contribution in [0.5, 0.6) is 0 Å². The van der Waals surface area contributed by atoms with Crippen LogP contribution in [0.25, 0.3) is 0 Å². The second-order valence-corrected chi connectivity index (χ2v) is 9.23. The van der Waals surface area contributed by atoms with Gasteiger partial charge in [-0.05, 0) is 13.3 Å². The number of carbonyl (C=O) groups excluding carboxylic acids is 2. The number of fused-ring (bicyclic) bond motifs is 1. The van der Waals surface area contributed by atoms with Crippen molar-refractivity contribution >= 4 is 29.5 Å². The molecule has 0 bridgehead atoms. The Hall–Kier alpha value is -1.66. The van der Waals surface area contributed by atoms with Crippen LogP contribution in [0.2, 0.25) is 0 Å². The molecule has 0 aromatic heterocycles. The molecular formula is C18H28N4O6S. The van der Waals surface area contributed by atoms with Crippen LogP contribution in [0.1, 0.15) is 20.3 Å². The van der Waals surface area contributed by atoms with Gasteiger partial charge in [0.05, 0.1) is 24.7 Å². The smallest absolute Gasteiger partial charge is 0.353 e. The Balaban J connectivity index is 1.63. The van der Waals surface area contributed by atoms with Crippen LogP contribution in [-0.2, 0) is 14.4 Å². The fourth-order valence-corrected chi connectivity index (χ4v) is 5.84. The van der Waals surface area contributed by atoms with E-state index in [0.29, 0.717) is 24.4 Å². The fraction of sp³-hybridized carbons (Fsp3) is 0.722. The summed E-state index contributed by atoms with van der Waals surface area (Å²) < 4.78 is 0. The van der Waals surface area contributed by atoms with Crippen molar-refractivity contribution in [2.24, 2.45) is 17.6 Å². The van der Waals surface area contributed by atoms with E-state index in [9.17, 15) is 24.6 Å². The van der Waals surface area contributed by atoms with Gasteiger partial charge in [0.25, 0.3) is 0 Å². The number of aliphatic carboxylic acids is 1. The average Bonchev–Trinajstić information content (AvgIpc) is 3.20. The lowest BCUT2D eigenvalue weighted by atomic mass is 9.79. The third-order valence-corrected chi connectivity index (χ3v) is 7.35. The molecule has 7 atom stereocenters. The van der Waals surface area contributed by atoms with Gasteiger partial charge >= 0.3 is 5.97 Å². The third kappa shape index (κ3) is 4.02. The first-order valence-electron chi connectivity index (χ1n) is 9.70. The van der Waals surface area contributed by atoms with E-state index in [2.05, 4.69) is 10.6 Å². The molecule has 2 fully saturated rings. The number of carbonyl (C=O) groups is 3. The molecule has 3 rings (SSSR count). The number of nitrogens with two attached hydrogens (primary N) is 1. The summed E-state index contributed by atoms with van der Waals surface area (Å²) >= 11 is 1.45. The molecule has 3 heterocycles. The highest BCUT2D eigenvalue weighted by atomic mass is 32.2. The summed E-state index contributed by atoms with van der Waals surface area (Å²) in [7, 11) is 0. The Kier molecular flexibility index (Phi) is 6.54. The number of hydrogen-bond acceptors (Lipinski definition) is 8. The van der Waals surface area contributed by atoms with E-state index in [1.54, 1.807) is 6.92 Å². The molecule has 0 saturated carbocycles. The standard InChI is InChI=1S/C18H28N4O6S/c1-7-13-12(8(2)24)17(26)22(13)14(18(27)28)15(7)29-10-3-9(20-5-10)4-21-16(25)11(19)6-23/h7-13,20,23-24H,3-6,19H2,1-2H3,(H,21,25)(H,27,28)/t7-,8-,9+,10+,11+,12-,13-/m1/s1. The van der Waals surface area contributed by atoms with E-state index in [0.717, 1.165) is 0 Å². The molecule has 0 spiro atoms. The number of hydrogen-bond donors (Lipinski definition) is 6. The first-order chi connectivity index (χ1) is 13.7. The lowest BCUT2D eigenvalue weighted by Gasteiger charge is -2.46. The molecule has 0 aromatic carbocycles. The van der Waals surface area contributed by atoms with Gasteiger partial charge in [0.2, 0.25) is 11.8 Å². The van der Waals surface area contributed by atoms with Crippen LogP contribution in [-0.4, -0.2) is 87.2 Å². The van der Waals surface area contributed by atoms with Crippen LogP contribution in [0.3, 0.4) is 0 Å². The Morgan fingerprint density at radius 2 is 2.14 bits per heavy atom. The molecule has 3 aliphatic heterocycles. The van der Waals surface area contributed by atoms with Gasteiger partial charge in [-0.1, -0.05) is 6.92 Å². The Labute approximate surface area is 172 Å². The van der Waals surface area contributed by atoms with Gasteiger partial charge in [0.1, 0.15) is 11.7 Å². The summed E-state index contributed by atoms with van der Waals surface area (Å²) in [6.45, 7) is 4.03. The number of aliphatic hydroxyl groups is 2. The highest BCUT2D eigenvalue weighted by Gasteiger charge is 2.60. The van der Waals surface area contributed by atoms with E-state index >= 15 is 0 Å². The second kappa shape index (κ2) is 8.60. The minimum absolute atomic E-state index is 0.0109. The molecule has 0 radical (unpaired) electrons. The van der Waals surface area contributed by atoms with Crippen LogP contribution in [0.4, 0.5) is 0 Å². The summed E-state index contributed by atoms with van der Waals surface area (Å²) in [5, 5.41) is 34.6. The highest BCUT2D eigenvalue weighted by Crippen LogP contribution is 2.51. The topological polar surface area (TPSA) is 165 Å². The molecule has 0 unspecified atom stereocenters. The quantitative estimate of drug-likeness (QED) is 0.241. The van der Waals surface area contributed by atoms with Crippen LogP contribution in [0.15, 0.2) is 10.6 Å². The predicted molar refractivity (Wildman–Crippen MR) is 105 cm³/mol. The summed E-state index contributed by atoms with van der Waals surface area (Å²) in [4.78, 5) is 37.9.